The third kappa shape index (κ3) is 4.43. The molecular formula is C19H24N11O10P. The van der Waals surface area contributed by atoms with Gasteiger partial charge in [-0.2, -0.15) is 9.67 Å². The number of nitrogens with two attached hydrogens (primary N) is 2. The fourth-order valence-corrected chi connectivity index (χ4v) is 6.51. The van der Waals surface area contributed by atoms with Crippen molar-refractivity contribution in [2.45, 2.75) is 48.6 Å². The highest BCUT2D eigenvalue weighted by Gasteiger charge is 2.56. The molecule has 21 nitrogen and oxygen atoms in total. The van der Waals surface area contributed by atoms with Crippen molar-refractivity contribution in [3.8, 4) is 0 Å². The summed E-state index contributed by atoms with van der Waals surface area (Å²) in [5.74, 6) is -0.220. The minimum absolute atomic E-state index is 0.0821. The highest BCUT2D eigenvalue weighted by molar-refractivity contribution is 7.53. The van der Waals surface area contributed by atoms with E-state index in [0.717, 1.165) is 4.68 Å². The number of aromatic amines is 1. The molecule has 0 spiro atoms. The summed E-state index contributed by atoms with van der Waals surface area (Å²) in [5, 5.41) is 49.2. The van der Waals surface area contributed by atoms with Gasteiger partial charge in [0.15, 0.2) is 35.1 Å². The summed E-state index contributed by atoms with van der Waals surface area (Å²) >= 11 is 0. The highest BCUT2D eigenvalue weighted by Crippen LogP contribution is 2.57. The van der Waals surface area contributed by atoms with Gasteiger partial charge in [0.2, 0.25) is 5.95 Å². The van der Waals surface area contributed by atoms with E-state index in [-0.39, 0.29) is 34.1 Å². The Morgan fingerprint density at radius 2 is 1.78 bits per heavy atom. The van der Waals surface area contributed by atoms with Gasteiger partial charge < -0.3 is 50.8 Å². The van der Waals surface area contributed by atoms with Crippen LogP contribution in [0.4, 0.5) is 11.8 Å². The number of aromatic nitrogens is 9. The number of anilines is 2. The van der Waals surface area contributed by atoms with Crippen molar-refractivity contribution in [2.24, 2.45) is 0 Å². The number of aliphatic hydroxyl groups is 4. The van der Waals surface area contributed by atoms with Gasteiger partial charge in [-0.15, -0.1) is 5.10 Å². The molecule has 0 aliphatic carbocycles. The molecule has 4 aromatic heterocycles. The van der Waals surface area contributed by atoms with Crippen LogP contribution in [-0.2, 0) is 18.6 Å². The van der Waals surface area contributed by atoms with Gasteiger partial charge in [0.1, 0.15) is 48.0 Å². The van der Waals surface area contributed by atoms with E-state index in [1.165, 1.54) is 17.2 Å². The Morgan fingerprint density at radius 1 is 1.02 bits per heavy atom. The minimum Gasteiger partial charge on any atom is -0.394 e. The number of imidazole rings is 1. The number of aliphatic hydroxyl groups excluding tert-OH is 4. The van der Waals surface area contributed by atoms with E-state index in [0.29, 0.717) is 0 Å². The number of ether oxygens (including phenoxy) is 2. The lowest BCUT2D eigenvalue weighted by molar-refractivity contribution is -0.0506. The fraction of sp³-hybridized carbons (Fsp3) is 0.526. The fourth-order valence-electron chi connectivity index (χ4n) is 4.88. The predicted octanol–water partition coefficient (Wildman–Crippen LogP) is -4.04. The second kappa shape index (κ2) is 10.0. The van der Waals surface area contributed by atoms with Gasteiger partial charge in [-0.05, 0) is 0 Å². The Balaban J connectivity index is 1.25. The molecule has 2 saturated heterocycles. The number of nitrogens with zero attached hydrogens (tertiary/aromatic N) is 8. The Bertz CT molecular complexity index is 1710. The van der Waals surface area contributed by atoms with Crippen LogP contribution in [0.5, 0.6) is 0 Å². The first-order chi connectivity index (χ1) is 19.5. The van der Waals surface area contributed by atoms with Crippen molar-refractivity contribution in [1.82, 2.24) is 44.5 Å². The van der Waals surface area contributed by atoms with Gasteiger partial charge in [0.05, 0.1) is 19.5 Å². The summed E-state index contributed by atoms with van der Waals surface area (Å²) in [6.07, 6.45) is -7.91. The van der Waals surface area contributed by atoms with Crippen molar-refractivity contribution < 1.29 is 43.9 Å². The van der Waals surface area contributed by atoms with E-state index in [9.17, 15) is 34.7 Å². The number of nitrogens with one attached hydrogen (secondary N) is 1. The largest absolute Gasteiger partial charge is 0.394 e. The van der Waals surface area contributed by atoms with Crippen LogP contribution in [0.2, 0.25) is 0 Å². The highest BCUT2D eigenvalue weighted by atomic mass is 31.2. The molecule has 2 aliphatic rings. The molecule has 2 aliphatic heterocycles. The van der Waals surface area contributed by atoms with E-state index < -0.39 is 75.0 Å². The summed E-state index contributed by atoms with van der Waals surface area (Å²) in [6, 6.07) is 0. The van der Waals surface area contributed by atoms with Gasteiger partial charge in [-0.3, -0.25) is 18.9 Å². The van der Waals surface area contributed by atoms with Crippen molar-refractivity contribution in [1.29, 1.82) is 0 Å². The minimum atomic E-state index is -4.92. The summed E-state index contributed by atoms with van der Waals surface area (Å²) in [4.78, 5) is 41.3. The van der Waals surface area contributed by atoms with Gasteiger partial charge >= 0.3 is 7.60 Å². The van der Waals surface area contributed by atoms with Crippen molar-refractivity contribution >= 4 is 41.7 Å². The van der Waals surface area contributed by atoms with Crippen molar-refractivity contribution in [3.63, 3.8) is 0 Å². The Morgan fingerprint density at radius 3 is 2.54 bits per heavy atom. The quantitative estimate of drug-likeness (QED) is 0.0939. The number of nitrogen functional groups attached to an aromatic ring is 2. The van der Waals surface area contributed by atoms with Gasteiger partial charge in [-0.25, -0.2) is 15.0 Å². The van der Waals surface area contributed by atoms with Crippen LogP contribution in [0.25, 0.3) is 22.3 Å². The number of fused-ring (bicyclic) bond motifs is 2. The molecule has 0 aromatic carbocycles. The lowest BCUT2D eigenvalue weighted by Crippen LogP contribution is -2.36. The maximum atomic E-state index is 13.5. The second-order valence-electron chi connectivity index (χ2n) is 9.38. The van der Waals surface area contributed by atoms with E-state index >= 15 is 0 Å². The van der Waals surface area contributed by atoms with Crippen LogP contribution in [0.3, 0.4) is 0 Å². The third-order valence-corrected chi connectivity index (χ3v) is 8.74. The lowest BCUT2D eigenvalue weighted by atomic mass is 10.1. The molecule has 0 saturated carbocycles. The molecule has 41 heavy (non-hydrogen) atoms. The summed E-state index contributed by atoms with van der Waals surface area (Å²) in [5.41, 5.74) is 8.84. The molecule has 2 fully saturated rings. The van der Waals surface area contributed by atoms with Crippen LogP contribution >= 0.6 is 7.60 Å². The van der Waals surface area contributed by atoms with E-state index in [1.807, 2.05) is 0 Å². The molecular weight excluding hydrogens is 573 g/mol. The molecule has 0 bridgehead atoms. The van der Waals surface area contributed by atoms with E-state index in [4.69, 9.17) is 25.5 Å². The second-order valence-corrected chi connectivity index (χ2v) is 11.4. The maximum absolute atomic E-state index is 13.5. The smallest absolute Gasteiger partial charge is 0.338 e. The van der Waals surface area contributed by atoms with Crippen LogP contribution in [0, 0.1) is 0 Å². The first kappa shape index (κ1) is 27.5. The van der Waals surface area contributed by atoms with Crippen LogP contribution in [-0.4, -0.2) is 119 Å². The molecule has 10 N–H and O–H groups in total. The zero-order chi connectivity index (χ0) is 29.2. The number of H-pyrrole nitrogens is 1. The summed E-state index contributed by atoms with van der Waals surface area (Å²) in [7, 11) is -4.92. The first-order valence-electron chi connectivity index (χ1n) is 12.0. The Kier molecular flexibility index (Phi) is 6.71. The third-order valence-electron chi connectivity index (χ3n) is 6.91. The van der Waals surface area contributed by atoms with Gasteiger partial charge in [0, 0.05) is 0 Å². The molecule has 220 valence electrons. The summed E-state index contributed by atoms with van der Waals surface area (Å²) in [6.45, 7) is -1.48. The SMILES string of the molecule is Nc1nc2c(nnn2[C@@H]2O[C@H](CO)[C@@H](O)[C@H]2P(=O)(O)OC[C@H]2O[C@@H](n3cnc4c(N)ncnc43)[C@H](O)[C@@H]2O)c(=O)[nH]1. The number of hydrogen-bond donors (Lipinski definition) is 8. The van der Waals surface area contributed by atoms with E-state index in [1.54, 1.807) is 0 Å². The topological polar surface area (TPSA) is 318 Å². The monoisotopic (exact) mass is 597 g/mol. The molecule has 22 heteroatoms. The molecule has 4 aromatic rings. The zero-order valence-electron chi connectivity index (χ0n) is 20.6. The molecule has 6 heterocycles. The zero-order valence-corrected chi connectivity index (χ0v) is 21.5. The van der Waals surface area contributed by atoms with Gasteiger partial charge in [-0.1, -0.05) is 5.21 Å². The first-order valence-corrected chi connectivity index (χ1v) is 13.6. The van der Waals surface area contributed by atoms with Crippen molar-refractivity contribution in [2.75, 3.05) is 24.7 Å². The van der Waals surface area contributed by atoms with Crippen molar-refractivity contribution in [3.05, 3.63) is 23.0 Å². The Hall–Kier alpha value is -3.66. The Labute approximate surface area is 226 Å². The van der Waals surface area contributed by atoms with Crippen LogP contribution in [0.1, 0.15) is 12.5 Å². The number of hydrogen-bond acceptors (Lipinski definition) is 17. The average Bonchev–Trinajstić information content (AvgIpc) is 3.68. The normalized spacial score (nSPS) is 31.7. The molecule has 6 rings (SSSR count). The van der Waals surface area contributed by atoms with E-state index in [2.05, 4.69) is 35.2 Å². The predicted molar refractivity (Wildman–Crippen MR) is 133 cm³/mol. The molecule has 0 radical (unpaired) electrons. The van der Waals surface area contributed by atoms with Gasteiger partial charge in [0.25, 0.3) is 5.56 Å². The van der Waals surface area contributed by atoms with Crippen LogP contribution < -0.4 is 17.0 Å². The maximum Gasteiger partial charge on any atom is 0.338 e. The van der Waals surface area contributed by atoms with Crippen LogP contribution in [0.15, 0.2) is 17.4 Å². The molecule has 0 amide bonds. The molecule has 9 atom stereocenters. The lowest BCUT2D eigenvalue weighted by Gasteiger charge is -2.26. The summed E-state index contributed by atoms with van der Waals surface area (Å²) < 4.78 is 32.3. The average molecular weight is 597 g/mol. The number of rotatable bonds is 7. The standard InChI is InChI=1S/C19H24N11O10P/c20-13-7-14(23-3-22-13)29(4-24-7)17-11(34)9(32)6(40-17)2-38-41(36,37)12-10(33)5(1-31)39-18(12)30-15-8(27-28-30)16(35)26-19(21)25-15/h3-6,9-12,17-18,31-34H,1-2H2,(H,36,37)(H2,20,22,23)(H3,21,25,26,35)/t5-,6-,9-,10-,11-,12-,17-,18-/m1/s1. The molecule has 1 unspecified atom stereocenters.